The summed E-state index contributed by atoms with van der Waals surface area (Å²) in [6.45, 7) is 4.40. The van der Waals surface area contributed by atoms with E-state index < -0.39 is 0 Å². The third kappa shape index (κ3) is 3.22. The lowest BCUT2D eigenvalue weighted by molar-refractivity contribution is 0.00804. The molecule has 0 spiro atoms. The van der Waals surface area contributed by atoms with Crippen LogP contribution in [0.1, 0.15) is 43.5 Å². The molecule has 1 saturated carbocycles. The van der Waals surface area contributed by atoms with E-state index in [1.165, 1.54) is 12.6 Å². The molecule has 1 aliphatic rings. The number of hydrogen-bond donors (Lipinski definition) is 0. The van der Waals surface area contributed by atoms with E-state index >= 15 is 0 Å². The van der Waals surface area contributed by atoms with Crippen LogP contribution in [0.2, 0.25) is 5.02 Å². The van der Waals surface area contributed by atoms with Gasteiger partial charge in [0.25, 0.3) is 0 Å². The van der Waals surface area contributed by atoms with Crippen molar-refractivity contribution >= 4 is 17.6 Å². The molecule has 1 aromatic heterocycles. The fraction of sp³-hybridized carbons (Fsp3) is 0.571. The summed E-state index contributed by atoms with van der Waals surface area (Å²) in [5.41, 5.74) is 0.352. The number of carbonyl (C=O) groups excluding carboxylic acids is 1. The zero-order valence-electron chi connectivity index (χ0n) is 10.7. The highest BCUT2D eigenvalue weighted by atomic mass is 35.5. The molecule has 2 rings (SSSR count). The summed E-state index contributed by atoms with van der Waals surface area (Å²) in [5.74, 6) is 0.853. The second-order valence-corrected chi connectivity index (χ2v) is 5.71. The molecule has 1 aromatic rings. The monoisotopic (exact) mass is 267 g/mol. The Kier molecular flexibility index (Phi) is 4.23. The minimum atomic E-state index is -0.362. The maximum absolute atomic E-state index is 12.0. The molecule has 0 amide bonds. The summed E-state index contributed by atoms with van der Waals surface area (Å²) >= 11 is 5.95. The zero-order chi connectivity index (χ0) is 13.1. The van der Waals surface area contributed by atoms with E-state index in [2.05, 4.69) is 18.8 Å². The molecule has 4 heteroatoms. The van der Waals surface area contributed by atoms with Crippen LogP contribution in [0.15, 0.2) is 18.5 Å². The van der Waals surface area contributed by atoms with Gasteiger partial charge in [-0.15, -0.1) is 0 Å². The Labute approximate surface area is 113 Å². The SMILES string of the molecule is CC1CC(C)CC(OC(=O)c2cnccc2Cl)C1. The third-order valence-electron chi connectivity index (χ3n) is 3.40. The van der Waals surface area contributed by atoms with Gasteiger partial charge in [-0.25, -0.2) is 4.79 Å². The van der Waals surface area contributed by atoms with Crippen LogP contribution in [0.4, 0.5) is 0 Å². The predicted octanol–water partition coefficient (Wildman–Crippen LogP) is 3.72. The van der Waals surface area contributed by atoms with E-state index in [0.29, 0.717) is 22.4 Å². The Morgan fingerprint density at radius 2 is 2.00 bits per heavy atom. The van der Waals surface area contributed by atoms with Crippen LogP contribution in [-0.4, -0.2) is 17.1 Å². The topological polar surface area (TPSA) is 39.2 Å². The van der Waals surface area contributed by atoms with Crippen molar-refractivity contribution in [2.24, 2.45) is 11.8 Å². The number of rotatable bonds is 2. The largest absolute Gasteiger partial charge is 0.459 e. The second-order valence-electron chi connectivity index (χ2n) is 5.30. The van der Waals surface area contributed by atoms with Gasteiger partial charge in [-0.05, 0) is 37.2 Å². The molecule has 0 saturated heterocycles. The third-order valence-corrected chi connectivity index (χ3v) is 3.73. The van der Waals surface area contributed by atoms with Crippen molar-refractivity contribution in [1.29, 1.82) is 0 Å². The Balaban J connectivity index is 2.01. The van der Waals surface area contributed by atoms with Crippen LogP contribution in [0.5, 0.6) is 0 Å². The number of pyridine rings is 1. The van der Waals surface area contributed by atoms with Gasteiger partial charge in [0, 0.05) is 12.4 Å². The van der Waals surface area contributed by atoms with Gasteiger partial charge in [0.1, 0.15) is 6.10 Å². The summed E-state index contributed by atoms with van der Waals surface area (Å²) in [4.78, 5) is 15.9. The van der Waals surface area contributed by atoms with Crippen LogP contribution in [0, 0.1) is 11.8 Å². The Hall–Kier alpha value is -1.09. The highest BCUT2D eigenvalue weighted by Gasteiger charge is 2.27. The summed E-state index contributed by atoms with van der Waals surface area (Å²) in [7, 11) is 0. The summed E-state index contributed by atoms with van der Waals surface area (Å²) in [6.07, 6.45) is 6.11. The molecule has 0 radical (unpaired) electrons. The van der Waals surface area contributed by atoms with E-state index in [1.54, 1.807) is 12.3 Å². The molecule has 2 unspecified atom stereocenters. The first-order valence-corrected chi connectivity index (χ1v) is 6.74. The molecule has 2 atom stereocenters. The molecule has 1 heterocycles. The van der Waals surface area contributed by atoms with Gasteiger partial charge < -0.3 is 4.74 Å². The summed E-state index contributed by atoms with van der Waals surface area (Å²) < 4.78 is 5.54. The molecule has 3 nitrogen and oxygen atoms in total. The first-order chi connectivity index (χ1) is 8.56. The predicted molar refractivity (Wildman–Crippen MR) is 70.6 cm³/mol. The number of aromatic nitrogens is 1. The average molecular weight is 268 g/mol. The van der Waals surface area contributed by atoms with Gasteiger partial charge in [-0.3, -0.25) is 4.98 Å². The van der Waals surface area contributed by atoms with Crippen molar-refractivity contribution in [3.8, 4) is 0 Å². The molecule has 0 aliphatic heterocycles. The Morgan fingerprint density at radius 3 is 2.61 bits per heavy atom. The van der Waals surface area contributed by atoms with Crippen molar-refractivity contribution in [3.63, 3.8) is 0 Å². The lowest BCUT2D eigenvalue weighted by atomic mass is 9.82. The summed E-state index contributed by atoms with van der Waals surface area (Å²) in [5, 5.41) is 0.395. The Bertz CT molecular complexity index is 426. The molecule has 0 N–H and O–H groups in total. The normalized spacial score (nSPS) is 27.8. The second kappa shape index (κ2) is 5.70. The molecule has 98 valence electrons. The van der Waals surface area contributed by atoms with Crippen LogP contribution in [-0.2, 0) is 4.74 Å². The first-order valence-electron chi connectivity index (χ1n) is 6.36. The molecule has 0 bridgehead atoms. The van der Waals surface area contributed by atoms with E-state index in [4.69, 9.17) is 16.3 Å². The van der Waals surface area contributed by atoms with Gasteiger partial charge in [0.2, 0.25) is 0 Å². The maximum atomic E-state index is 12.0. The molecule has 0 aromatic carbocycles. The van der Waals surface area contributed by atoms with Gasteiger partial charge in [-0.2, -0.15) is 0 Å². The Morgan fingerprint density at radius 1 is 1.33 bits per heavy atom. The van der Waals surface area contributed by atoms with Crippen molar-refractivity contribution in [1.82, 2.24) is 4.98 Å². The molecular weight excluding hydrogens is 250 g/mol. The minimum Gasteiger partial charge on any atom is -0.459 e. The maximum Gasteiger partial charge on any atom is 0.341 e. The smallest absolute Gasteiger partial charge is 0.341 e. The lowest BCUT2D eigenvalue weighted by Gasteiger charge is -2.31. The van der Waals surface area contributed by atoms with E-state index in [-0.39, 0.29) is 12.1 Å². The fourth-order valence-corrected chi connectivity index (χ4v) is 2.89. The quantitative estimate of drug-likeness (QED) is 0.767. The lowest BCUT2D eigenvalue weighted by Crippen LogP contribution is -2.28. The van der Waals surface area contributed by atoms with Crippen LogP contribution < -0.4 is 0 Å². The van der Waals surface area contributed by atoms with Gasteiger partial charge in [0.05, 0.1) is 10.6 Å². The molecule has 1 aliphatic carbocycles. The molecular formula is C14H18ClNO2. The van der Waals surface area contributed by atoms with Gasteiger partial charge in [-0.1, -0.05) is 25.4 Å². The van der Waals surface area contributed by atoms with E-state index in [9.17, 15) is 4.79 Å². The number of carbonyl (C=O) groups is 1. The van der Waals surface area contributed by atoms with Crippen LogP contribution in [0.25, 0.3) is 0 Å². The number of esters is 1. The fourth-order valence-electron chi connectivity index (χ4n) is 2.71. The van der Waals surface area contributed by atoms with E-state index in [1.807, 2.05) is 0 Å². The number of halogens is 1. The first kappa shape index (κ1) is 13.3. The zero-order valence-corrected chi connectivity index (χ0v) is 11.5. The summed E-state index contributed by atoms with van der Waals surface area (Å²) in [6, 6.07) is 1.60. The highest BCUT2D eigenvalue weighted by Crippen LogP contribution is 2.31. The number of nitrogens with zero attached hydrogens (tertiary/aromatic N) is 1. The molecule has 1 fully saturated rings. The molecule has 18 heavy (non-hydrogen) atoms. The standard InChI is InChI=1S/C14H18ClNO2/c1-9-5-10(2)7-11(6-9)18-14(17)12-8-16-4-3-13(12)15/h3-4,8-11H,5-7H2,1-2H3. The van der Waals surface area contributed by atoms with Gasteiger partial charge in [0.15, 0.2) is 0 Å². The van der Waals surface area contributed by atoms with Crippen molar-refractivity contribution < 1.29 is 9.53 Å². The minimum absolute atomic E-state index is 0.00697. The van der Waals surface area contributed by atoms with Crippen molar-refractivity contribution in [2.75, 3.05) is 0 Å². The average Bonchev–Trinajstić information content (AvgIpc) is 2.27. The van der Waals surface area contributed by atoms with Crippen LogP contribution in [0.3, 0.4) is 0 Å². The van der Waals surface area contributed by atoms with Crippen LogP contribution >= 0.6 is 11.6 Å². The highest BCUT2D eigenvalue weighted by molar-refractivity contribution is 6.33. The van der Waals surface area contributed by atoms with Crippen molar-refractivity contribution in [2.45, 2.75) is 39.2 Å². The number of ether oxygens (including phenoxy) is 1. The van der Waals surface area contributed by atoms with E-state index in [0.717, 1.165) is 12.8 Å². The number of hydrogen-bond acceptors (Lipinski definition) is 3. The van der Waals surface area contributed by atoms with Crippen molar-refractivity contribution in [3.05, 3.63) is 29.0 Å². The van der Waals surface area contributed by atoms with Gasteiger partial charge >= 0.3 is 5.97 Å².